The maximum Gasteiger partial charge on any atom is 0.310 e. The van der Waals surface area contributed by atoms with E-state index in [0.717, 1.165) is 10.0 Å². The molecule has 22 heavy (non-hydrogen) atoms. The highest BCUT2D eigenvalue weighted by molar-refractivity contribution is 9.10. The van der Waals surface area contributed by atoms with E-state index in [1.165, 1.54) is 0 Å². The van der Waals surface area contributed by atoms with Crippen molar-refractivity contribution in [3.8, 4) is 0 Å². The van der Waals surface area contributed by atoms with E-state index in [2.05, 4.69) is 21.2 Å². The van der Waals surface area contributed by atoms with Gasteiger partial charge in [-0.15, -0.1) is 0 Å². The van der Waals surface area contributed by atoms with Crippen molar-refractivity contribution in [1.29, 1.82) is 0 Å². The topological polar surface area (TPSA) is 55.4 Å². The summed E-state index contributed by atoms with van der Waals surface area (Å²) in [7, 11) is 0. The monoisotopic (exact) mass is 381 g/mol. The van der Waals surface area contributed by atoms with Crippen LogP contribution in [0.2, 0.25) is 5.02 Å². The SMILES string of the molecule is O=C(COC(=O)Cc1ccc(Br)cc1)Nc1cccc(Cl)c1. The van der Waals surface area contributed by atoms with E-state index in [1.807, 2.05) is 24.3 Å². The van der Waals surface area contributed by atoms with Gasteiger partial charge in [-0.3, -0.25) is 9.59 Å². The third kappa shape index (κ3) is 5.50. The van der Waals surface area contributed by atoms with Crippen LogP contribution in [-0.4, -0.2) is 18.5 Å². The molecule has 0 aliphatic rings. The third-order valence-electron chi connectivity index (χ3n) is 2.73. The molecule has 0 spiro atoms. The number of hydrogen-bond donors (Lipinski definition) is 1. The van der Waals surface area contributed by atoms with Crippen molar-refractivity contribution in [2.45, 2.75) is 6.42 Å². The molecule has 0 unspecified atom stereocenters. The highest BCUT2D eigenvalue weighted by Gasteiger charge is 2.09. The number of anilines is 1. The Kier molecular flexibility index (Phi) is 5.98. The second-order valence-electron chi connectivity index (χ2n) is 4.52. The Bertz CT molecular complexity index is 673. The van der Waals surface area contributed by atoms with Gasteiger partial charge in [0.05, 0.1) is 6.42 Å². The van der Waals surface area contributed by atoms with Gasteiger partial charge in [0.2, 0.25) is 0 Å². The summed E-state index contributed by atoms with van der Waals surface area (Å²) < 4.78 is 5.88. The first-order valence-electron chi connectivity index (χ1n) is 6.48. The first-order valence-corrected chi connectivity index (χ1v) is 7.65. The summed E-state index contributed by atoms with van der Waals surface area (Å²) in [4.78, 5) is 23.4. The molecule has 0 bridgehead atoms. The lowest BCUT2D eigenvalue weighted by Crippen LogP contribution is -2.21. The lowest BCUT2D eigenvalue weighted by molar-refractivity contribution is -0.146. The van der Waals surface area contributed by atoms with Crippen LogP contribution in [0.4, 0.5) is 5.69 Å². The van der Waals surface area contributed by atoms with E-state index in [9.17, 15) is 9.59 Å². The number of amides is 1. The lowest BCUT2D eigenvalue weighted by Gasteiger charge is -2.07. The molecule has 0 aliphatic heterocycles. The third-order valence-corrected chi connectivity index (χ3v) is 3.50. The van der Waals surface area contributed by atoms with Gasteiger partial charge < -0.3 is 10.1 Å². The minimum absolute atomic E-state index is 0.123. The fraction of sp³-hybridized carbons (Fsp3) is 0.125. The van der Waals surface area contributed by atoms with Crippen LogP contribution in [0.5, 0.6) is 0 Å². The van der Waals surface area contributed by atoms with Gasteiger partial charge in [-0.2, -0.15) is 0 Å². The summed E-state index contributed by atoms with van der Waals surface area (Å²) >= 11 is 9.14. The van der Waals surface area contributed by atoms with Crippen LogP contribution in [0.15, 0.2) is 53.0 Å². The average molecular weight is 383 g/mol. The number of halogens is 2. The number of ether oxygens (including phenoxy) is 1. The fourth-order valence-electron chi connectivity index (χ4n) is 1.73. The summed E-state index contributed by atoms with van der Waals surface area (Å²) in [5.74, 6) is -0.866. The summed E-state index contributed by atoms with van der Waals surface area (Å²) in [5, 5.41) is 3.12. The van der Waals surface area contributed by atoms with Crippen LogP contribution in [-0.2, 0) is 20.7 Å². The second kappa shape index (κ2) is 7.96. The Hall–Kier alpha value is -1.85. The minimum atomic E-state index is -0.455. The smallest absolute Gasteiger partial charge is 0.310 e. The maximum atomic E-state index is 11.7. The first kappa shape index (κ1) is 16.5. The Morgan fingerprint density at radius 2 is 1.86 bits per heavy atom. The Morgan fingerprint density at radius 1 is 1.14 bits per heavy atom. The Labute approximate surface area is 141 Å². The first-order chi connectivity index (χ1) is 10.5. The minimum Gasteiger partial charge on any atom is -0.455 e. The maximum absolute atomic E-state index is 11.7. The zero-order chi connectivity index (χ0) is 15.9. The van der Waals surface area contributed by atoms with Gasteiger partial charge in [-0.05, 0) is 35.9 Å². The molecule has 0 atom stereocenters. The highest BCUT2D eigenvalue weighted by Crippen LogP contribution is 2.15. The Morgan fingerprint density at radius 3 is 2.55 bits per heavy atom. The molecule has 2 aromatic carbocycles. The van der Waals surface area contributed by atoms with Crippen molar-refractivity contribution in [2.24, 2.45) is 0 Å². The highest BCUT2D eigenvalue weighted by atomic mass is 79.9. The van der Waals surface area contributed by atoms with Gasteiger partial charge in [-0.25, -0.2) is 0 Å². The van der Waals surface area contributed by atoms with Crippen molar-refractivity contribution in [3.05, 3.63) is 63.6 Å². The molecule has 0 heterocycles. The van der Waals surface area contributed by atoms with Gasteiger partial charge in [0, 0.05) is 15.2 Å². The largest absolute Gasteiger partial charge is 0.455 e. The van der Waals surface area contributed by atoms with Crippen molar-refractivity contribution in [1.82, 2.24) is 0 Å². The molecule has 114 valence electrons. The van der Waals surface area contributed by atoms with Crippen LogP contribution >= 0.6 is 27.5 Å². The number of rotatable bonds is 5. The van der Waals surface area contributed by atoms with Crippen LogP contribution in [0.25, 0.3) is 0 Å². The van der Waals surface area contributed by atoms with Crippen LogP contribution in [0, 0.1) is 0 Å². The zero-order valence-corrected chi connectivity index (χ0v) is 13.9. The van der Waals surface area contributed by atoms with Crippen molar-refractivity contribution in [2.75, 3.05) is 11.9 Å². The summed E-state index contributed by atoms with van der Waals surface area (Å²) in [5.41, 5.74) is 1.38. The summed E-state index contributed by atoms with van der Waals surface area (Å²) in [6.07, 6.45) is 0.123. The normalized spacial score (nSPS) is 10.1. The molecular formula is C16H13BrClNO3. The standard InChI is InChI=1S/C16H13BrClNO3/c17-12-6-4-11(5-7-12)8-16(21)22-10-15(20)19-14-3-1-2-13(18)9-14/h1-7,9H,8,10H2,(H,19,20). The van der Waals surface area contributed by atoms with E-state index in [4.69, 9.17) is 16.3 Å². The van der Waals surface area contributed by atoms with Crippen LogP contribution < -0.4 is 5.32 Å². The zero-order valence-electron chi connectivity index (χ0n) is 11.5. The number of carbonyl (C=O) groups is 2. The van der Waals surface area contributed by atoms with E-state index in [1.54, 1.807) is 24.3 Å². The molecule has 0 aromatic heterocycles. The van der Waals surface area contributed by atoms with Crippen molar-refractivity contribution < 1.29 is 14.3 Å². The van der Waals surface area contributed by atoms with E-state index >= 15 is 0 Å². The predicted octanol–water partition coefficient (Wildman–Crippen LogP) is 3.83. The summed E-state index contributed by atoms with van der Waals surface area (Å²) in [6, 6.07) is 14.1. The van der Waals surface area contributed by atoms with E-state index in [-0.39, 0.29) is 13.0 Å². The lowest BCUT2D eigenvalue weighted by atomic mass is 10.2. The van der Waals surface area contributed by atoms with Crippen molar-refractivity contribution >= 4 is 45.1 Å². The van der Waals surface area contributed by atoms with Gasteiger partial charge in [0.1, 0.15) is 0 Å². The van der Waals surface area contributed by atoms with E-state index in [0.29, 0.717) is 10.7 Å². The predicted molar refractivity (Wildman–Crippen MR) is 88.9 cm³/mol. The number of hydrogen-bond acceptors (Lipinski definition) is 3. The molecule has 0 saturated carbocycles. The molecular weight excluding hydrogens is 370 g/mol. The molecule has 0 fully saturated rings. The molecule has 2 rings (SSSR count). The number of nitrogens with one attached hydrogen (secondary N) is 1. The van der Waals surface area contributed by atoms with Gasteiger partial charge in [0.25, 0.3) is 5.91 Å². The quantitative estimate of drug-likeness (QED) is 0.800. The molecule has 4 nitrogen and oxygen atoms in total. The fourth-order valence-corrected chi connectivity index (χ4v) is 2.18. The number of benzene rings is 2. The molecule has 6 heteroatoms. The second-order valence-corrected chi connectivity index (χ2v) is 5.87. The molecule has 2 aromatic rings. The van der Waals surface area contributed by atoms with Crippen LogP contribution in [0.1, 0.15) is 5.56 Å². The molecule has 0 radical (unpaired) electrons. The van der Waals surface area contributed by atoms with Gasteiger partial charge >= 0.3 is 5.97 Å². The molecule has 0 saturated heterocycles. The van der Waals surface area contributed by atoms with Gasteiger partial charge in [-0.1, -0.05) is 45.7 Å². The number of carbonyl (C=O) groups excluding carboxylic acids is 2. The Balaban J connectivity index is 1.78. The van der Waals surface area contributed by atoms with Crippen LogP contribution in [0.3, 0.4) is 0 Å². The molecule has 1 N–H and O–H groups in total. The van der Waals surface area contributed by atoms with Crippen molar-refractivity contribution in [3.63, 3.8) is 0 Å². The summed E-state index contributed by atoms with van der Waals surface area (Å²) in [6.45, 7) is -0.331. The number of esters is 1. The molecule has 0 aliphatic carbocycles. The van der Waals surface area contributed by atoms with Gasteiger partial charge in [0.15, 0.2) is 6.61 Å². The van der Waals surface area contributed by atoms with E-state index < -0.39 is 11.9 Å². The average Bonchev–Trinajstić information content (AvgIpc) is 2.48. The molecule has 1 amide bonds.